The third kappa shape index (κ3) is 6.85. The highest BCUT2D eigenvalue weighted by molar-refractivity contribution is 6.00. The maximum absolute atomic E-state index is 13.2. The number of aliphatic hydroxyl groups excluding tert-OH is 1. The fourth-order valence-corrected chi connectivity index (χ4v) is 3.46. The molecular formula is C27H21F3N4O5. The van der Waals surface area contributed by atoms with Crippen LogP contribution in [0.25, 0.3) is 10.9 Å². The average Bonchev–Trinajstić information content (AvgIpc) is 2.89. The highest BCUT2D eigenvalue weighted by Gasteiger charge is 2.31. The number of nitrogens with zero attached hydrogens (tertiary/aromatic N) is 2. The third-order valence-corrected chi connectivity index (χ3v) is 5.28. The Morgan fingerprint density at radius 3 is 2.62 bits per heavy atom. The predicted molar refractivity (Wildman–Crippen MR) is 138 cm³/mol. The van der Waals surface area contributed by atoms with Gasteiger partial charge in [-0.15, -0.1) is 0 Å². The van der Waals surface area contributed by atoms with Crippen LogP contribution >= 0.6 is 0 Å². The normalized spacial score (nSPS) is 10.9. The molecule has 39 heavy (non-hydrogen) atoms. The van der Waals surface area contributed by atoms with Gasteiger partial charge < -0.3 is 29.8 Å². The van der Waals surface area contributed by atoms with Gasteiger partial charge in [-0.25, -0.2) is 9.78 Å². The topological polar surface area (TPSA) is 115 Å². The van der Waals surface area contributed by atoms with E-state index >= 15 is 0 Å². The SMILES string of the molecule is Cn1cnc2ccc(Oc3cccc(NC(=O)Nc4cc(C(F)(F)F)ccc4OCC#CCO)c3)cc2c1=O. The molecule has 4 rings (SSSR count). The van der Waals surface area contributed by atoms with E-state index in [0.29, 0.717) is 22.4 Å². The van der Waals surface area contributed by atoms with E-state index < -0.39 is 24.4 Å². The molecule has 0 radical (unpaired) electrons. The molecule has 0 bridgehead atoms. The quantitative estimate of drug-likeness (QED) is 0.305. The van der Waals surface area contributed by atoms with E-state index in [1.54, 1.807) is 43.4 Å². The standard InChI is InChI=1S/C27H21F3N4O5/c1-34-16-31-22-9-8-20(15-21(22)25(34)36)39-19-6-4-5-18(14-19)32-26(37)33-23-13-17(27(28,29)30)7-10-24(23)38-12-3-2-11-35/h4-10,13-16,35H,11-12H2,1H3,(H2,32,33,37). The summed E-state index contributed by atoms with van der Waals surface area (Å²) in [5.74, 6) is 5.49. The molecule has 2 amide bonds. The summed E-state index contributed by atoms with van der Waals surface area (Å²) < 4.78 is 52.2. The number of nitrogens with one attached hydrogen (secondary N) is 2. The van der Waals surface area contributed by atoms with Gasteiger partial charge in [0.05, 0.1) is 28.5 Å². The van der Waals surface area contributed by atoms with Crippen LogP contribution in [-0.4, -0.2) is 33.9 Å². The molecular weight excluding hydrogens is 517 g/mol. The number of ether oxygens (including phenoxy) is 2. The zero-order valence-electron chi connectivity index (χ0n) is 20.4. The number of benzene rings is 3. The Kier molecular flexibility index (Phi) is 8.02. The van der Waals surface area contributed by atoms with Crippen molar-refractivity contribution < 1.29 is 32.5 Å². The second-order valence-electron chi connectivity index (χ2n) is 8.06. The van der Waals surface area contributed by atoms with Crippen molar-refractivity contribution in [2.75, 3.05) is 23.8 Å². The number of carbonyl (C=O) groups is 1. The van der Waals surface area contributed by atoms with Gasteiger partial charge in [-0.1, -0.05) is 17.9 Å². The highest BCUT2D eigenvalue weighted by Crippen LogP contribution is 2.35. The van der Waals surface area contributed by atoms with E-state index in [1.807, 2.05) is 0 Å². The molecule has 12 heteroatoms. The van der Waals surface area contributed by atoms with Crippen molar-refractivity contribution in [3.8, 4) is 29.1 Å². The maximum atomic E-state index is 13.2. The number of anilines is 2. The largest absolute Gasteiger partial charge is 0.479 e. The number of halogens is 3. The zero-order chi connectivity index (χ0) is 28.0. The molecule has 1 heterocycles. The van der Waals surface area contributed by atoms with Gasteiger partial charge in [0.25, 0.3) is 5.56 Å². The fraction of sp³-hybridized carbons (Fsp3) is 0.148. The van der Waals surface area contributed by atoms with Crippen LogP contribution in [-0.2, 0) is 13.2 Å². The van der Waals surface area contributed by atoms with E-state index in [9.17, 15) is 22.8 Å². The molecule has 0 atom stereocenters. The molecule has 0 saturated heterocycles. The van der Waals surface area contributed by atoms with Crippen LogP contribution in [0.2, 0.25) is 0 Å². The van der Waals surface area contributed by atoms with Crippen LogP contribution in [0.4, 0.5) is 29.3 Å². The molecule has 0 aliphatic heterocycles. The minimum absolute atomic E-state index is 0.0422. The van der Waals surface area contributed by atoms with Crippen molar-refractivity contribution in [2.45, 2.75) is 6.18 Å². The first-order chi connectivity index (χ1) is 18.6. The summed E-state index contributed by atoms with van der Waals surface area (Å²) in [7, 11) is 1.59. The zero-order valence-corrected chi connectivity index (χ0v) is 20.4. The van der Waals surface area contributed by atoms with Gasteiger partial charge >= 0.3 is 12.2 Å². The number of amides is 2. The number of alkyl halides is 3. The lowest BCUT2D eigenvalue weighted by Crippen LogP contribution is -2.20. The van der Waals surface area contributed by atoms with Crippen molar-refractivity contribution in [3.05, 3.63) is 82.9 Å². The Balaban J connectivity index is 1.50. The van der Waals surface area contributed by atoms with Gasteiger partial charge in [0, 0.05) is 18.8 Å². The average molecular weight is 538 g/mol. The first kappa shape index (κ1) is 27.0. The van der Waals surface area contributed by atoms with Crippen molar-refractivity contribution in [1.82, 2.24) is 9.55 Å². The second kappa shape index (κ2) is 11.6. The molecule has 0 unspecified atom stereocenters. The molecule has 0 spiro atoms. The van der Waals surface area contributed by atoms with Crippen molar-refractivity contribution >= 4 is 28.3 Å². The van der Waals surface area contributed by atoms with Crippen molar-refractivity contribution in [2.24, 2.45) is 7.05 Å². The number of urea groups is 1. The number of hydrogen-bond acceptors (Lipinski definition) is 6. The minimum atomic E-state index is -4.64. The molecule has 3 N–H and O–H groups in total. The smallest absolute Gasteiger partial charge is 0.416 e. The molecule has 9 nitrogen and oxygen atoms in total. The number of hydrogen-bond donors (Lipinski definition) is 3. The lowest BCUT2D eigenvalue weighted by atomic mass is 10.2. The summed E-state index contributed by atoms with van der Waals surface area (Å²) in [4.78, 5) is 29.2. The highest BCUT2D eigenvalue weighted by atomic mass is 19.4. The number of rotatable bonds is 6. The Morgan fingerprint density at radius 2 is 1.85 bits per heavy atom. The van der Waals surface area contributed by atoms with Crippen molar-refractivity contribution in [3.63, 3.8) is 0 Å². The van der Waals surface area contributed by atoms with Gasteiger partial charge in [0.15, 0.2) is 0 Å². The molecule has 0 aliphatic carbocycles. The van der Waals surface area contributed by atoms with Gasteiger partial charge in [-0.3, -0.25) is 4.79 Å². The molecule has 0 fully saturated rings. The van der Waals surface area contributed by atoms with Crippen molar-refractivity contribution in [1.29, 1.82) is 0 Å². The van der Waals surface area contributed by atoms with Crippen LogP contribution in [0.15, 0.2) is 71.8 Å². The van der Waals surface area contributed by atoms with E-state index in [2.05, 4.69) is 27.5 Å². The van der Waals surface area contributed by atoms with Gasteiger partial charge in [-0.05, 0) is 48.5 Å². The summed E-state index contributed by atoms with van der Waals surface area (Å²) in [6.07, 6.45) is -3.22. The van der Waals surface area contributed by atoms with Crippen LogP contribution in [0, 0.1) is 11.8 Å². The Morgan fingerprint density at radius 1 is 1.05 bits per heavy atom. The summed E-state index contributed by atoms with van der Waals surface area (Å²) in [6.45, 7) is -0.609. The first-order valence-corrected chi connectivity index (χ1v) is 11.4. The molecule has 200 valence electrons. The monoisotopic (exact) mass is 538 g/mol. The van der Waals surface area contributed by atoms with E-state index in [1.165, 1.54) is 17.0 Å². The van der Waals surface area contributed by atoms with Gasteiger partial charge in [-0.2, -0.15) is 13.2 Å². The summed E-state index contributed by atoms with van der Waals surface area (Å²) in [5.41, 5.74) is -0.659. The Hall–Kier alpha value is -5.02. The number of fused-ring (bicyclic) bond motifs is 1. The number of aromatic nitrogens is 2. The first-order valence-electron chi connectivity index (χ1n) is 11.4. The van der Waals surface area contributed by atoms with Gasteiger partial charge in [0.1, 0.15) is 30.5 Å². The van der Waals surface area contributed by atoms with Crippen LogP contribution < -0.4 is 25.7 Å². The number of aliphatic hydroxyl groups is 1. The van der Waals surface area contributed by atoms with Crippen LogP contribution in [0.3, 0.4) is 0 Å². The van der Waals surface area contributed by atoms with E-state index in [-0.39, 0.29) is 29.3 Å². The molecule has 4 aromatic rings. The minimum Gasteiger partial charge on any atom is -0.479 e. The molecule has 1 aromatic heterocycles. The third-order valence-electron chi connectivity index (χ3n) is 5.28. The Labute approximate surface area is 219 Å². The maximum Gasteiger partial charge on any atom is 0.416 e. The second-order valence-corrected chi connectivity index (χ2v) is 8.06. The molecule has 0 saturated carbocycles. The van der Waals surface area contributed by atoms with Crippen LogP contribution in [0.1, 0.15) is 5.56 Å². The number of carbonyl (C=O) groups excluding carboxylic acids is 1. The van der Waals surface area contributed by atoms with Crippen LogP contribution in [0.5, 0.6) is 17.2 Å². The molecule has 3 aromatic carbocycles. The molecule has 0 aliphatic rings. The lowest BCUT2D eigenvalue weighted by molar-refractivity contribution is -0.137. The summed E-state index contributed by atoms with van der Waals surface area (Å²) in [5, 5.41) is 14.0. The summed E-state index contributed by atoms with van der Waals surface area (Å²) >= 11 is 0. The summed E-state index contributed by atoms with van der Waals surface area (Å²) in [6, 6.07) is 12.9. The van der Waals surface area contributed by atoms with E-state index in [4.69, 9.17) is 14.6 Å². The van der Waals surface area contributed by atoms with Gasteiger partial charge in [0.2, 0.25) is 0 Å². The predicted octanol–water partition coefficient (Wildman–Crippen LogP) is 4.76. The Bertz CT molecular complexity index is 1640. The van der Waals surface area contributed by atoms with E-state index in [0.717, 1.165) is 18.2 Å². The number of aryl methyl sites for hydroxylation is 1. The lowest BCUT2D eigenvalue weighted by Gasteiger charge is -2.15. The fourth-order valence-electron chi connectivity index (χ4n) is 3.46.